The number of anilines is 1. The molecule has 2 heterocycles. The van der Waals surface area contributed by atoms with E-state index in [0.717, 1.165) is 0 Å². The van der Waals surface area contributed by atoms with E-state index in [2.05, 4.69) is 0 Å². The van der Waals surface area contributed by atoms with Crippen LogP contribution in [0.1, 0.15) is 33.6 Å². The number of para-hydroxylation sites is 2. The number of likely N-dealkylation sites (tertiary alicyclic amines) is 1. The average molecular weight is 388 g/mol. The molecule has 1 aromatic carbocycles. The van der Waals surface area contributed by atoms with Gasteiger partial charge < -0.3 is 14.4 Å². The van der Waals surface area contributed by atoms with Crippen molar-refractivity contribution in [3.05, 3.63) is 24.3 Å². The molecule has 0 bridgehead atoms. The molecule has 0 unspecified atom stereocenters. The molecular formula is C21H28N2O5. The third-order valence-electron chi connectivity index (χ3n) is 5.29. The second-order valence-corrected chi connectivity index (χ2v) is 7.58. The van der Waals surface area contributed by atoms with Crippen molar-refractivity contribution in [2.24, 2.45) is 11.8 Å². The number of carbonyl (C=O) groups is 3. The van der Waals surface area contributed by atoms with Gasteiger partial charge in [-0.1, -0.05) is 26.0 Å². The Kier molecular flexibility index (Phi) is 6.21. The Hall–Kier alpha value is -2.57. The lowest BCUT2D eigenvalue weighted by Gasteiger charge is -2.37. The number of piperidine rings is 1. The minimum Gasteiger partial charge on any atom is -0.478 e. The van der Waals surface area contributed by atoms with Crippen LogP contribution in [0.4, 0.5) is 5.69 Å². The average Bonchev–Trinajstić information content (AvgIpc) is 2.69. The molecule has 1 fully saturated rings. The summed E-state index contributed by atoms with van der Waals surface area (Å²) in [4.78, 5) is 40.9. The molecule has 1 saturated heterocycles. The summed E-state index contributed by atoms with van der Waals surface area (Å²) in [6.07, 6.45) is 0.580. The summed E-state index contributed by atoms with van der Waals surface area (Å²) in [5, 5.41) is 0. The molecule has 28 heavy (non-hydrogen) atoms. The van der Waals surface area contributed by atoms with Gasteiger partial charge in [-0.3, -0.25) is 19.3 Å². The molecule has 0 aromatic heterocycles. The van der Waals surface area contributed by atoms with Crippen LogP contribution in [0.25, 0.3) is 0 Å². The monoisotopic (exact) mass is 388 g/mol. The lowest BCUT2D eigenvalue weighted by atomic mass is 9.97. The van der Waals surface area contributed by atoms with Gasteiger partial charge >= 0.3 is 5.97 Å². The summed E-state index contributed by atoms with van der Waals surface area (Å²) in [5.74, 6) is -0.0292. The van der Waals surface area contributed by atoms with E-state index in [9.17, 15) is 14.4 Å². The number of hydrogen-bond donors (Lipinski definition) is 0. The lowest BCUT2D eigenvalue weighted by molar-refractivity contribution is -0.151. The van der Waals surface area contributed by atoms with Gasteiger partial charge in [0.25, 0.3) is 5.91 Å². The molecule has 7 nitrogen and oxygen atoms in total. The Bertz CT molecular complexity index is 740. The van der Waals surface area contributed by atoms with Crippen LogP contribution >= 0.6 is 0 Å². The molecule has 152 valence electrons. The number of fused-ring (bicyclic) bond motifs is 1. The van der Waals surface area contributed by atoms with E-state index in [4.69, 9.17) is 9.47 Å². The standard InChI is InChI=1S/C21H28N2O5/c1-4-27-21(26)15-9-11-22(12-10-15)18(24)13-23-16-7-5-6-8-17(16)28-19(14(2)3)20(23)25/h5-8,14-15,19H,4,9-13H2,1-3H3/t19-/m0/s1. The van der Waals surface area contributed by atoms with Crippen molar-refractivity contribution in [3.8, 4) is 5.75 Å². The van der Waals surface area contributed by atoms with Gasteiger partial charge in [-0.05, 0) is 37.8 Å². The van der Waals surface area contributed by atoms with Crippen molar-refractivity contribution in [2.75, 3.05) is 31.1 Å². The van der Waals surface area contributed by atoms with Crippen LogP contribution < -0.4 is 9.64 Å². The van der Waals surface area contributed by atoms with Gasteiger partial charge in [-0.25, -0.2) is 0 Å². The number of nitrogens with zero attached hydrogens (tertiary/aromatic N) is 2. The molecule has 0 radical (unpaired) electrons. The molecule has 7 heteroatoms. The quantitative estimate of drug-likeness (QED) is 0.723. The molecule has 1 atom stereocenters. The van der Waals surface area contributed by atoms with E-state index < -0.39 is 6.10 Å². The predicted octanol–water partition coefficient (Wildman–Crippen LogP) is 2.24. The number of hydrogen-bond acceptors (Lipinski definition) is 5. The van der Waals surface area contributed by atoms with Gasteiger partial charge in [-0.2, -0.15) is 0 Å². The maximum absolute atomic E-state index is 12.9. The molecule has 1 aromatic rings. The molecular weight excluding hydrogens is 360 g/mol. The minimum absolute atomic E-state index is 0.00113. The van der Waals surface area contributed by atoms with Crippen molar-refractivity contribution in [2.45, 2.75) is 39.7 Å². The predicted molar refractivity (Wildman–Crippen MR) is 104 cm³/mol. The Labute approximate surface area is 165 Å². The normalized spacial score (nSPS) is 20.0. The molecule has 2 aliphatic rings. The summed E-state index contributed by atoms with van der Waals surface area (Å²) in [5.41, 5.74) is 0.624. The summed E-state index contributed by atoms with van der Waals surface area (Å²) in [7, 11) is 0. The fourth-order valence-corrected chi connectivity index (χ4v) is 3.68. The molecule has 0 saturated carbocycles. The second-order valence-electron chi connectivity index (χ2n) is 7.58. The van der Waals surface area contributed by atoms with Crippen molar-refractivity contribution in [3.63, 3.8) is 0 Å². The highest BCUT2D eigenvalue weighted by Crippen LogP contribution is 2.35. The molecule has 2 aliphatic heterocycles. The van der Waals surface area contributed by atoms with Crippen LogP contribution in [0.5, 0.6) is 5.75 Å². The van der Waals surface area contributed by atoms with Crippen LogP contribution in [-0.4, -0.2) is 55.0 Å². The molecule has 2 amide bonds. The van der Waals surface area contributed by atoms with Gasteiger partial charge in [0.05, 0.1) is 18.2 Å². The summed E-state index contributed by atoms with van der Waals surface area (Å²) >= 11 is 0. The minimum atomic E-state index is -0.600. The first kappa shape index (κ1) is 20.2. The zero-order chi connectivity index (χ0) is 20.3. The van der Waals surface area contributed by atoms with E-state index >= 15 is 0 Å². The molecule has 0 spiro atoms. The van der Waals surface area contributed by atoms with Crippen molar-refractivity contribution < 1.29 is 23.9 Å². The first-order valence-electron chi connectivity index (χ1n) is 9.93. The first-order valence-corrected chi connectivity index (χ1v) is 9.93. The van der Waals surface area contributed by atoms with Crippen molar-refractivity contribution >= 4 is 23.5 Å². The maximum atomic E-state index is 12.9. The van der Waals surface area contributed by atoms with Crippen LogP contribution in [0.2, 0.25) is 0 Å². The molecule has 3 rings (SSSR count). The number of benzene rings is 1. The van der Waals surface area contributed by atoms with Crippen LogP contribution in [0, 0.1) is 11.8 Å². The number of ether oxygens (including phenoxy) is 2. The number of esters is 1. The van der Waals surface area contributed by atoms with Gasteiger partial charge in [0.1, 0.15) is 12.3 Å². The highest BCUT2D eigenvalue weighted by Gasteiger charge is 2.38. The van der Waals surface area contributed by atoms with E-state index in [1.165, 1.54) is 4.90 Å². The van der Waals surface area contributed by atoms with Gasteiger partial charge in [0, 0.05) is 13.1 Å². The van der Waals surface area contributed by atoms with Gasteiger partial charge in [0.15, 0.2) is 6.10 Å². The SMILES string of the molecule is CCOC(=O)C1CCN(C(=O)CN2C(=O)[C@H](C(C)C)Oc3ccccc32)CC1. The third-order valence-corrected chi connectivity index (χ3v) is 5.29. The lowest BCUT2D eigenvalue weighted by Crippen LogP contribution is -2.53. The number of amides is 2. The van der Waals surface area contributed by atoms with E-state index in [1.54, 1.807) is 17.9 Å². The topological polar surface area (TPSA) is 76.2 Å². The smallest absolute Gasteiger partial charge is 0.309 e. The number of rotatable bonds is 5. The number of carbonyl (C=O) groups excluding carboxylic acids is 3. The van der Waals surface area contributed by atoms with E-state index in [0.29, 0.717) is 44.0 Å². The van der Waals surface area contributed by atoms with Crippen molar-refractivity contribution in [1.29, 1.82) is 0 Å². The highest BCUT2D eigenvalue weighted by atomic mass is 16.5. The van der Waals surface area contributed by atoms with Gasteiger partial charge in [-0.15, -0.1) is 0 Å². The fourth-order valence-electron chi connectivity index (χ4n) is 3.68. The Morgan fingerprint density at radius 2 is 1.89 bits per heavy atom. The van der Waals surface area contributed by atoms with Crippen molar-refractivity contribution in [1.82, 2.24) is 4.90 Å². The maximum Gasteiger partial charge on any atom is 0.309 e. The third kappa shape index (κ3) is 4.13. The van der Waals surface area contributed by atoms with Crippen LogP contribution in [0.15, 0.2) is 24.3 Å². The zero-order valence-corrected chi connectivity index (χ0v) is 16.7. The highest BCUT2D eigenvalue weighted by molar-refractivity contribution is 6.04. The van der Waals surface area contributed by atoms with Crippen LogP contribution in [0.3, 0.4) is 0 Å². The Morgan fingerprint density at radius 1 is 1.21 bits per heavy atom. The Morgan fingerprint density at radius 3 is 2.54 bits per heavy atom. The first-order chi connectivity index (χ1) is 13.4. The van der Waals surface area contributed by atoms with E-state index in [1.807, 2.05) is 32.0 Å². The van der Waals surface area contributed by atoms with Gasteiger partial charge in [0.2, 0.25) is 5.91 Å². The Balaban J connectivity index is 1.68. The fraction of sp³-hybridized carbons (Fsp3) is 0.571. The summed E-state index contributed by atoms with van der Waals surface area (Å²) in [6.45, 7) is 6.98. The second kappa shape index (κ2) is 8.63. The van der Waals surface area contributed by atoms with E-state index in [-0.39, 0.29) is 36.2 Å². The summed E-state index contributed by atoms with van der Waals surface area (Å²) in [6, 6.07) is 7.29. The van der Waals surface area contributed by atoms with Crippen LogP contribution in [-0.2, 0) is 19.1 Å². The molecule has 0 aliphatic carbocycles. The zero-order valence-electron chi connectivity index (χ0n) is 16.7. The molecule has 0 N–H and O–H groups in total. The largest absolute Gasteiger partial charge is 0.478 e. The summed E-state index contributed by atoms with van der Waals surface area (Å²) < 4.78 is 10.9.